The maximum atomic E-state index is 4.48. The Morgan fingerprint density at radius 2 is 1.67 bits per heavy atom. The molecule has 2 saturated heterocycles. The highest BCUT2D eigenvalue weighted by Gasteiger charge is 2.41. The minimum absolute atomic E-state index is 0.664. The number of anilines is 3. The Labute approximate surface area is 142 Å². The number of fused-ring (bicyclic) bond motifs is 1. The van der Waals surface area contributed by atoms with Crippen molar-refractivity contribution in [1.29, 1.82) is 0 Å². The van der Waals surface area contributed by atoms with Crippen molar-refractivity contribution in [1.82, 2.24) is 19.9 Å². The maximum Gasteiger partial charge on any atom is 0.134 e. The maximum absolute atomic E-state index is 4.48. The van der Waals surface area contributed by atoms with Gasteiger partial charge in [0.15, 0.2) is 0 Å². The van der Waals surface area contributed by atoms with Gasteiger partial charge in [0.05, 0.1) is 0 Å². The zero-order valence-electron chi connectivity index (χ0n) is 14.4. The lowest BCUT2D eigenvalue weighted by Crippen LogP contribution is -2.30. The van der Waals surface area contributed by atoms with E-state index in [1.165, 1.54) is 0 Å². The zero-order valence-corrected chi connectivity index (χ0v) is 14.4. The fraction of sp³-hybridized carbons (Fsp3) is 0.529. The summed E-state index contributed by atoms with van der Waals surface area (Å²) in [6, 6.07) is 2.08. The van der Waals surface area contributed by atoms with Gasteiger partial charge >= 0.3 is 0 Å². The number of hydrogen-bond donors (Lipinski definition) is 0. The van der Waals surface area contributed by atoms with Gasteiger partial charge < -0.3 is 14.7 Å². The number of rotatable bonds is 3. The van der Waals surface area contributed by atoms with E-state index in [1.807, 2.05) is 25.2 Å². The first-order valence-electron chi connectivity index (χ1n) is 8.37. The van der Waals surface area contributed by atoms with Crippen LogP contribution in [0.15, 0.2) is 24.9 Å². The summed E-state index contributed by atoms with van der Waals surface area (Å²) < 4.78 is 0. The van der Waals surface area contributed by atoms with Crippen LogP contribution in [0.3, 0.4) is 0 Å². The fourth-order valence-corrected chi connectivity index (χ4v) is 3.83. The van der Waals surface area contributed by atoms with Gasteiger partial charge in [-0.3, -0.25) is 0 Å². The van der Waals surface area contributed by atoms with Gasteiger partial charge in [-0.25, -0.2) is 19.9 Å². The van der Waals surface area contributed by atoms with Gasteiger partial charge in [-0.15, -0.1) is 0 Å². The van der Waals surface area contributed by atoms with Crippen molar-refractivity contribution >= 4 is 17.5 Å². The first-order chi connectivity index (χ1) is 11.6. The van der Waals surface area contributed by atoms with Crippen molar-refractivity contribution < 1.29 is 0 Å². The summed E-state index contributed by atoms with van der Waals surface area (Å²) in [7, 11) is 4.01. The van der Waals surface area contributed by atoms with E-state index >= 15 is 0 Å². The normalized spacial score (nSPS) is 22.8. The lowest BCUT2D eigenvalue weighted by atomic mass is 10.0. The molecule has 7 nitrogen and oxygen atoms in total. The van der Waals surface area contributed by atoms with Crippen molar-refractivity contribution in [3.63, 3.8) is 0 Å². The van der Waals surface area contributed by atoms with Crippen molar-refractivity contribution in [2.45, 2.75) is 6.92 Å². The van der Waals surface area contributed by atoms with Crippen LogP contribution in [0.1, 0.15) is 5.56 Å². The van der Waals surface area contributed by atoms with Gasteiger partial charge in [0.1, 0.15) is 30.1 Å². The Morgan fingerprint density at radius 3 is 2.33 bits per heavy atom. The zero-order chi connectivity index (χ0) is 16.7. The molecule has 7 heteroatoms. The van der Waals surface area contributed by atoms with Crippen LogP contribution >= 0.6 is 0 Å². The lowest BCUT2D eigenvalue weighted by Gasteiger charge is -2.24. The second-order valence-corrected chi connectivity index (χ2v) is 6.99. The Bertz CT molecular complexity index is 718. The Kier molecular flexibility index (Phi) is 3.70. The molecule has 2 fully saturated rings. The van der Waals surface area contributed by atoms with Crippen molar-refractivity contribution in [3.05, 3.63) is 30.5 Å². The molecule has 0 radical (unpaired) electrons. The molecule has 0 aromatic carbocycles. The smallest absolute Gasteiger partial charge is 0.134 e. The number of hydrogen-bond acceptors (Lipinski definition) is 7. The van der Waals surface area contributed by atoms with Crippen LogP contribution in [-0.2, 0) is 0 Å². The SMILES string of the molecule is Cc1cncnc1N1CC2CN(c3cc(N(C)C)ncn3)CC2C1. The quantitative estimate of drug-likeness (QED) is 0.840. The third-order valence-electron chi connectivity index (χ3n) is 5.07. The predicted octanol–water partition coefficient (Wildman–Crippen LogP) is 1.21. The molecule has 0 N–H and O–H groups in total. The lowest BCUT2D eigenvalue weighted by molar-refractivity contribution is 0.533. The predicted molar refractivity (Wildman–Crippen MR) is 94.5 cm³/mol. The van der Waals surface area contributed by atoms with Gasteiger partial charge in [0, 0.05) is 69.9 Å². The minimum atomic E-state index is 0.664. The summed E-state index contributed by atoms with van der Waals surface area (Å²) >= 11 is 0. The van der Waals surface area contributed by atoms with Crippen LogP contribution in [0.25, 0.3) is 0 Å². The van der Waals surface area contributed by atoms with Crippen LogP contribution in [0.5, 0.6) is 0 Å². The number of nitrogens with zero attached hydrogens (tertiary/aromatic N) is 7. The summed E-state index contributed by atoms with van der Waals surface area (Å²) in [6.45, 7) is 6.30. The molecular weight excluding hydrogens is 302 g/mol. The molecule has 126 valence electrons. The Hall–Kier alpha value is -2.44. The topological polar surface area (TPSA) is 61.3 Å². The van der Waals surface area contributed by atoms with E-state index in [0.717, 1.165) is 49.2 Å². The van der Waals surface area contributed by atoms with Gasteiger partial charge in [-0.1, -0.05) is 0 Å². The van der Waals surface area contributed by atoms with E-state index in [1.54, 1.807) is 12.7 Å². The molecule has 2 aliphatic rings. The van der Waals surface area contributed by atoms with Crippen LogP contribution in [-0.4, -0.2) is 60.2 Å². The highest BCUT2D eigenvalue weighted by Crippen LogP contribution is 2.35. The highest BCUT2D eigenvalue weighted by molar-refractivity contribution is 5.51. The average Bonchev–Trinajstić information content (AvgIpc) is 3.14. The molecule has 2 unspecified atom stereocenters. The van der Waals surface area contributed by atoms with Gasteiger partial charge in [0.25, 0.3) is 0 Å². The molecular formula is C17H23N7. The third kappa shape index (κ3) is 2.64. The summed E-state index contributed by atoms with van der Waals surface area (Å²) in [5.41, 5.74) is 1.15. The van der Waals surface area contributed by atoms with Crippen LogP contribution in [0.2, 0.25) is 0 Å². The fourth-order valence-electron chi connectivity index (χ4n) is 3.83. The third-order valence-corrected chi connectivity index (χ3v) is 5.07. The monoisotopic (exact) mass is 325 g/mol. The van der Waals surface area contributed by atoms with E-state index in [2.05, 4.69) is 42.7 Å². The largest absolute Gasteiger partial charge is 0.363 e. The van der Waals surface area contributed by atoms with Gasteiger partial charge in [0.2, 0.25) is 0 Å². The summed E-state index contributed by atoms with van der Waals surface area (Å²) in [5.74, 6) is 4.40. The molecule has 0 amide bonds. The average molecular weight is 325 g/mol. The molecule has 2 aromatic rings. The Morgan fingerprint density at radius 1 is 0.958 bits per heavy atom. The molecule has 24 heavy (non-hydrogen) atoms. The molecule has 2 atom stereocenters. The van der Waals surface area contributed by atoms with E-state index in [0.29, 0.717) is 11.8 Å². The highest BCUT2D eigenvalue weighted by atomic mass is 15.3. The van der Waals surface area contributed by atoms with E-state index in [9.17, 15) is 0 Å². The van der Waals surface area contributed by atoms with Crippen LogP contribution in [0, 0.1) is 18.8 Å². The molecule has 0 saturated carbocycles. The summed E-state index contributed by atoms with van der Waals surface area (Å²) in [5, 5.41) is 0. The molecule has 2 aromatic heterocycles. The second kappa shape index (κ2) is 5.89. The van der Waals surface area contributed by atoms with Gasteiger partial charge in [-0.05, 0) is 6.92 Å². The first kappa shape index (κ1) is 15.1. The molecule has 2 aliphatic heterocycles. The summed E-state index contributed by atoms with van der Waals surface area (Å²) in [6.07, 6.45) is 5.20. The van der Waals surface area contributed by atoms with Gasteiger partial charge in [-0.2, -0.15) is 0 Å². The number of aromatic nitrogens is 4. The second-order valence-electron chi connectivity index (χ2n) is 6.99. The molecule has 0 spiro atoms. The van der Waals surface area contributed by atoms with E-state index in [4.69, 9.17) is 0 Å². The first-order valence-corrected chi connectivity index (χ1v) is 8.37. The molecule has 0 bridgehead atoms. The molecule has 4 rings (SSSR count). The molecule has 4 heterocycles. The minimum Gasteiger partial charge on any atom is -0.363 e. The van der Waals surface area contributed by atoms with E-state index < -0.39 is 0 Å². The van der Waals surface area contributed by atoms with Crippen molar-refractivity contribution in [3.8, 4) is 0 Å². The van der Waals surface area contributed by atoms with Crippen LogP contribution in [0.4, 0.5) is 17.5 Å². The molecule has 0 aliphatic carbocycles. The Balaban J connectivity index is 1.47. The van der Waals surface area contributed by atoms with E-state index in [-0.39, 0.29) is 0 Å². The summed E-state index contributed by atoms with van der Waals surface area (Å²) in [4.78, 5) is 24.2. The number of aryl methyl sites for hydroxylation is 1. The van der Waals surface area contributed by atoms with Crippen molar-refractivity contribution in [2.24, 2.45) is 11.8 Å². The van der Waals surface area contributed by atoms with Crippen LogP contribution < -0.4 is 14.7 Å². The van der Waals surface area contributed by atoms with Crippen molar-refractivity contribution in [2.75, 3.05) is 55.0 Å². The standard InChI is InChI=1S/C17H23N7/c1-12-5-18-10-21-17(12)24-8-13-6-23(7-14(13)9-24)16-4-15(22(2)3)19-11-20-16/h4-5,10-11,13-14H,6-9H2,1-3H3.